The first kappa shape index (κ1) is 22.6. The number of halogens is 5. The van der Waals surface area contributed by atoms with Crippen LogP contribution >= 0.6 is 0 Å². The lowest BCUT2D eigenvalue weighted by atomic mass is 9.64. The number of alkyl halides is 3. The molecule has 0 N–H and O–H groups in total. The van der Waals surface area contributed by atoms with Gasteiger partial charge in [-0.3, -0.25) is 0 Å². The summed E-state index contributed by atoms with van der Waals surface area (Å²) in [6, 6.07) is 7.56. The lowest BCUT2D eigenvalue weighted by molar-refractivity contribution is -0.276. The molecule has 2 aromatic rings. The van der Waals surface area contributed by atoms with E-state index in [0.717, 1.165) is 36.0 Å². The standard InChI is InChI=1S/C26H25F5O/c1-2-3-16-6-10-21-19(12-16)8-9-20-13-17(7-11-22(20)21)4-5-18-14-23(27)25(24(28)15-18)32-26(29,30)31/h7,11,13-16,19,21H,2-3,6,8-10,12H2,1H3. The monoisotopic (exact) mass is 448 g/mol. The normalized spacial score (nSPS) is 22.4. The molecular weight excluding hydrogens is 423 g/mol. The SMILES string of the molecule is CCCC1CCC2c3ccc(C#Cc4cc(F)c(OC(F)(F)F)c(F)c4)cc3CCC2C1. The predicted octanol–water partition coefficient (Wildman–Crippen LogP) is 7.51. The molecule has 3 atom stereocenters. The van der Waals surface area contributed by atoms with Gasteiger partial charge >= 0.3 is 6.36 Å². The minimum Gasteiger partial charge on any atom is -0.399 e. The van der Waals surface area contributed by atoms with Crippen LogP contribution in [0.5, 0.6) is 5.75 Å². The zero-order valence-corrected chi connectivity index (χ0v) is 17.9. The Morgan fingerprint density at radius 1 is 0.969 bits per heavy atom. The van der Waals surface area contributed by atoms with Crippen molar-refractivity contribution >= 4 is 0 Å². The van der Waals surface area contributed by atoms with E-state index in [4.69, 9.17) is 0 Å². The van der Waals surface area contributed by atoms with Gasteiger partial charge in [0.2, 0.25) is 5.75 Å². The molecule has 0 heterocycles. The zero-order chi connectivity index (χ0) is 22.9. The van der Waals surface area contributed by atoms with Crippen molar-refractivity contribution in [3.05, 3.63) is 64.2 Å². The van der Waals surface area contributed by atoms with Crippen molar-refractivity contribution in [2.45, 2.75) is 64.1 Å². The Bertz CT molecular complexity index is 1020. The van der Waals surface area contributed by atoms with E-state index in [9.17, 15) is 22.0 Å². The van der Waals surface area contributed by atoms with E-state index in [2.05, 4.69) is 29.6 Å². The van der Waals surface area contributed by atoms with Gasteiger partial charge in [0.15, 0.2) is 11.6 Å². The number of aryl methyl sites for hydroxylation is 1. The van der Waals surface area contributed by atoms with E-state index < -0.39 is 23.7 Å². The molecule has 1 saturated carbocycles. The quantitative estimate of drug-likeness (QED) is 0.349. The largest absolute Gasteiger partial charge is 0.573 e. The number of ether oxygens (including phenoxy) is 1. The molecule has 1 nitrogen and oxygen atoms in total. The summed E-state index contributed by atoms with van der Waals surface area (Å²) in [7, 11) is 0. The lowest BCUT2D eigenvalue weighted by Gasteiger charge is -2.40. The molecule has 0 amide bonds. The van der Waals surface area contributed by atoms with E-state index >= 15 is 0 Å². The van der Waals surface area contributed by atoms with E-state index in [1.165, 1.54) is 49.7 Å². The van der Waals surface area contributed by atoms with Gasteiger partial charge in [-0.25, -0.2) is 8.78 Å². The van der Waals surface area contributed by atoms with Gasteiger partial charge in [-0.1, -0.05) is 37.7 Å². The number of benzene rings is 2. The number of hydrogen-bond acceptors (Lipinski definition) is 1. The van der Waals surface area contributed by atoms with E-state index in [1.807, 2.05) is 12.1 Å². The second-order valence-corrected chi connectivity index (χ2v) is 8.85. The lowest BCUT2D eigenvalue weighted by Crippen LogP contribution is -2.28. The molecule has 0 bridgehead atoms. The minimum absolute atomic E-state index is 0.0541. The summed E-state index contributed by atoms with van der Waals surface area (Å²) in [6.07, 6.45) is 3.36. The molecule has 2 aliphatic carbocycles. The summed E-state index contributed by atoms with van der Waals surface area (Å²) in [6.45, 7) is 2.25. The Morgan fingerprint density at radius 3 is 2.38 bits per heavy atom. The second kappa shape index (κ2) is 9.13. The molecule has 0 spiro atoms. The van der Waals surface area contributed by atoms with Crippen molar-refractivity contribution in [2.24, 2.45) is 11.8 Å². The van der Waals surface area contributed by atoms with E-state index in [-0.39, 0.29) is 5.56 Å². The van der Waals surface area contributed by atoms with Gasteiger partial charge in [0.25, 0.3) is 0 Å². The highest BCUT2D eigenvalue weighted by Gasteiger charge is 2.35. The average Bonchev–Trinajstić information content (AvgIpc) is 2.74. The zero-order valence-electron chi connectivity index (χ0n) is 17.9. The molecule has 0 radical (unpaired) electrons. The van der Waals surface area contributed by atoms with Crippen molar-refractivity contribution in [3.63, 3.8) is 0 Å². The number of rotatable bonds is 3. The highest BCUT2D eigenvalue weighted by Crippen LogP contribution is 2.47. The fourth-order valence-electron chi connectivity index (χ4n) is 5.35. The Morgan fingerprint density at radius 2 is 1.69 bits per heavy atom. The van der Waals surface area contributed by atoms with Crippen molar-refractivity contribution in [2.75, 3.05) is 0 Å². The topological polar surface area (TPSA) is 9.23 Å². The maximum Gasteiger partial charge on any atom is 0.573 e. The molecule has 2 aromatic carbocycles. The van der Waals surface area contributed by atoms with Crippen LogP contribution in [0.15, 0.2) is 30.3 Å². The van der Waals surface area contributed by atoms with Gasteiger partial charge in [-0.05, 0) is 85.3 Å². The van der Waals surface area contributed by atoms with Crippen LogP contribution in [-0.4, -0.2) is 6.36 Å². The molecule has 6 heteroatoms. The first-order valence-corrected chi connectivity index (χ1v) is 11.1. The second-order valence-electron chi connectivity index (χ2n) is 8.85. The molecule has 2 aliphatic rings. The summed E-state index contributed by atoms with van der Waals surface area (Å²) < 4.78 is 68.0. The Labute approximate surface area is 185 Å². The molecule has 4 rings (SSSR count). The summed E-state index contributed by atoms with van der Waals surface area (Å²) in [5, 5.41) is 0. The van der Waals surface area contributed by atoms with Crippen LogP contribution in [0.3, 0.4) is 0 Å². The van der Waals surface area contributed by atoms with Crippen molar-refractivity contribution in [1.82, 2.24) is 0 Å². The Balaban J connectivity index is 1.51. The van der Waals surface area contributed by atoms with Gasteiger partial charge in [-0.15, -0.1) is 13.2 Å². The molecular formula is C26H25F5O. The van der Waals surface area contributed by atoms with Gasteiger partial charge < -0.3 is 4.74 Å². The number of fused-ring (bicyclic) bond motifs is 3. The Kier molecular flexibility index (Phi) is 6.46. The minimum atomic E-state index is -5.17. The highest BCUT2D eigenvalue weighted by molar-refractivity contribution is 5.48. The highest BCUT2D eigenvalue weighted by atomic mass is 19.4. The van der Waals surface area contributed by atoms with Crippen LogP contribution in [0.4, 0.5) is 22.0 Å². The third-order valence-corrected chi connectivity index (χ3v) is 6.68. The van der Waals surface area contributed by atoms with Crippen LogP contribution < -0.4 is 4.74 Å². The fourth-order valence-corrected chi connectivity index (χ4v) is 5.35. The first-order chi connectivity index (χ1) is 15.2. The van der Waals surface area contributed by atoms with Crippen molar-refractivity contribution in [1.29, 1.82) is 0 Å². The van der Waals surface area contributed by atoms with Crippen LogP contribution in [0.1, 0.15) is 73.6 Å². The number of hydrogen-bond donors (Lipinski definition) is 0. The summed E-state index contributed by atoms with van der Waals surface area (Å²) in [5.41, 5.74) is 3.34. The molecule has 170 valence electrons. The maximum atomic E-state index is 13.9. The first-order valence-electron chi connectivity index (χ1n) is 11.1. The molecule has 0 aliphatic heterocycles. The summed E-state index contributed by atoms with van der Waals surface area (Å²) >= 11 is 0. The molecule has 0 saturated heterocycles. The van der Waals surface area contributed by atoms with Gasteiger partial charge in [0.1, 0.15) is 0 Å². The van der Waals surface area contributed by atoms with E-state index in [1.54, 1.807) is 0 Å². The smallest absolute Gasteiger partial charge is 0.399 e. The maximum absolute atomic E-state index is 13.9. The average molecular weight is 448 g/mol. The third-order valence-electron chi connectivity index (χ3n) is 6.68. The van der Waals surface area contributed by atoms with Crippen LogP contribution in [-0.2, 0) is 6.42 Å². The molecule has 0 aromatic heterocycles. The van der Waals surface area contributed by atoms with E-state index in [0.29, 0.717) is 5.92 Å². The van der Waals surface area contributed by atoms with Gasteiger partial charge in [0, 0.05) is 11.1 Å². The molecule has 32 heavy (non-hydrogen) atoms. The van der Waals surface area contributed by atoms with Crippen LogP contribution in [0.2, 0.25) is 0 Å². The van der Waals surface area contributed by atoms with Crippen molar-refractivity contribution < 1.29 is 26.7 Å². The van der Waals surface area contributed by atoms with Crippen LogP contribution in [0, 0.1) is 35.3 Å². The summed E-state index contributed by atoms with van der Waals surface area (Å²) in [4.78, 5) is 0. The predicted molar refractivity (Wildman–Crippen MR) is 112 cm³/mol. The fraction of sp³-hybridized carbons (Fsp3) is 0.462. The third kappa shape index (κ3) is 5.09. The van der Waals surface area contributed by atoms with Gasteiger partial charge in [-0.2, -0.15) is 0 Å². The molecule has 1 fully saturated rings. The van der Waals surface area contributed by atoms with Gasteiger partial charge in [0.05, 0.1) is 0 Å². The van der Waals surface area contributed by atoms with Crippen molar-refractivity contribution in [3.8, 4) is 17.6 Å². The van der Waals surface area contributed by atoms with Crippen LogP contribution in [0.25, 0.3) is 0 Å². The molecule has 3 unspecified atom stereocenters. The summed E-state index contributed by atoms with van der Waals surface area (Å²) in [5.74, 6) is 3.36. The Hall–Kier alpha value is -2.55.